The molecule has 1 aliphatic carbocycles. The molecule has 2 N–H and O–H groups in total. The highest BCUT2D eigenvalue weighted by Crippen LogP contribution is 2.29. The van der Waals surface area contributed by atoms with Gasteiger partial charge in [-0.25, -0.2) is 0 Å². The predicted molar refractivity (Wildman–Crippen MR) is 124 cm³/mol. The summed E-state index contributed by atoms with van der Waals surface area (Å²) in [4.78, 5) is 2.44. The van der Waals surface area contributed by atoms with Crippen LogP contribution >= 0.6 is 11.6 Å². The van der Waals surface area contributed by atoms with Crippen molar-refractivity contribution in [3.8, 4) is 11.1 Å². The second-order valence-electron chi connectivity index (χ2n) is 7.66. The van der Waals surface area contributed by atoms with Gasteiger partial charge in [-0.2, -0.15) is 0 Å². The van der Waals surface area contributed by atoms with Gasteiger partial charge >= 0.3 is 0 Å². The lowest BCUT2D eigenvalue weighted by atomic mass is 9.98. The summed E-state index contributed by atoms with van der Waals surface area (Å²) < 4.78 is 0. The summed E-state index contributed by atoms with van der Waals surface area (Å²) in [6, 6.07) is 16.7. The maximum Gasteiger partial charge on any atom is 0.0813 e. The standard InChI is InChI=1S/C25H26ClN3/c1-18-22(20-8-3-2-4-9-20)10-7-11-24(18)28-16-21-14-19(15-23(26)25(21)27)17-29-12-5-6-13-29/h2-4,7-11,14-16,27-28H,5-6,12-13,17H2,1H3/b21-16-,27-25?. The summed E-state index contributed by atoms with van der Waals surface area (Å²) in [6.45, 7) is 5.30. The van der Waals surface area contributed by atoms with Gasteiger partial charge in [0.15, 0.2) is 0 Å². The van der Waals surface area contributed by atoms with E-state index in [4.69, 9.17) is 17.0 Å². The molecule has 2 aromatic rings. The van der Waals surface area contributed by atoms with E-state index in [1.54, 1.807) is 0 Å². The van der Waals surface area contributed by atoms with Crippen LogP contribution in [0.2, 0.25) is 0 Å². The molecule has 2 aromatic carbocycles. The Balaban J connectivity index is 1.57. The molecule has 4 rings (SSSR count). The van der Waals surface area contributed by atoms with Crippen LogP contribution in [0.15, 0.2) is 83.1 Å². The molecular formula is C25H26ClN3. The van der Waals surface area contributed by atoms with Crippen LogP contribution in [0.4, 0.5) is 5.69 Å². The van der Waals surface area contributed by atoms with Crippen molar-refractivity contribution in [3.05, 3.63) is 88.6 Å². The van der Waals surface area contributed by atoms with Crippen LogP contribution in [0.25, 0.3) is 11.1 Å². The Hall–Kier alpha value is -2.62. The molecule has 0 atom stereocenters. The normalized spacial score (nSPS) is 18.7. The number of anilines is 1. The van der Waals surface area contributed by atoms with Gasteiger partial charge < -0.3 is 5.32 Å². The lowest BCUT2D eigenvalue weighted by Crippen LogP contribution is -2.23. The smallest absolute Gasteiger partial charge is 0.0813 e. The Morgan fingerprint density at radius 2 is 1.79 bits per heavy atom. The van der Waals surface area contributed by atoms with Crippen LogP contribution in [-0.2, 0) is 0 Å². The lowest BCUT2D eigenvalue weighted by Gasteiger charge is -2.19. The van der Waals surface area contributed by atoms with Crippen molar-refractivity contribution in [1.82, 2.24) is 4.90 Å². The average Bonchev–Trinajstić information content (AvgIpc) is 3.24. The molecule has 2 aliphatic rings. The molecule has 0 saturated carbocycles. The molecule has 0 spiro atoms. The Kier molecular flexibility index (Phi) is 5.98. The SMILES string of the molecule is Cc1c(N/C=C2/C=C(CN3CCCC3)C=C(Cl)C2=N)cccc1-c1ccccc1. The topological polar surface area (TPSA) is 39.1 Å². The van der Waals surface area contributed by atoms with Crippen molar-refractivity contribution in [2.24, 2.45) is 0 Å². The molecule has 148 valence electrons. The van der Waals surface area contributed by atoms with Crippen molar-refractivity contribution < 1.29 is 0 Å². The summed E-state index contributed by atoms with van der Waals surface area (Å²) in [6.07, 6.45) is 8.44. The van der Waals surface area contributed by atoms with Gasteiger partial charge in [0.1, 0.15) is 0 Å². The molecule has 1 fully saturated rings. The monoisotopic (exact) mass is 403 g/mol. The van der Waals surface area contributed by atoms with Crippen molar-refractivity contribution in [3.63, 3.8) is 0 Å². The van der Waals surface area contributed by atoms with Gasteiger partial charge in [-0.05, 0) is 73.3 Å². The summed E-state index contributed by atoms with van der Waals surface area (Å²) >= 11 is 6.37. The molecule has 3 nitrogen and oxygen atoms in total. The molecule has 0 radical (unpaired) electrons. The summed E-state index contributed by atoms with van der Waals surface area (Å²) in [5.74, 6) is 0. The van der Waals surface area contributed by atoms with Crippen molar-refractivity contribution in [2.45, 2.75) is 19.8 Å². The number of rotatable bonds is 5. The summed E-state index contributed by atoms with van der Waals surface area (Å²) in [7, 11) is 0. The van der Waals surface area contributed by atoms with Crippen molar-refractivity contribution in [2.75, 3.05) is 25.0 Å². The third-order valence-corrected chi connectivity index (χ3v) is 5.89. The fraction of sp³-hybridized carbons (Fsp3) is 0.240. The molecule has 0 amide bonds. The van der Waals surface area contributed by atoms with E-state index in [-0.39, 0.29) is 0 Å². The zero-order chi connectivity index (χ0) is 20.2. The highest BCUT2D eigenvalue weighted by molar-refractivity contribution is 6.46. The first-order chi connectivity index (χ1) is 14.1. The first kappa shape index (κ1) is 19.7. The fourth-order valence-electron chi connectivity index (χ4n) is 3.97. The molecule has 1 saturated heterocycles. The number of halogens is 1. The number of hydrogen-bond donors (Lipinski definition) is 2. The van der Waals surface area contributed by atoms with Crippen molar-refractivity contribution in [1.29, 1.82) is 5.41 Å². The molecule has 4 heteroatoms. The maximum absolute atomic E-state index is 8.36. The third kappa shape index (κ3) is 4.52. The van der Waals surface area contributed by atoms with Crippen LogP contribution in [0.5, 0.6) is 0 Å². The zero-order valence-electron chi connectivity index (χ0n) is 16.7. The molecule has 0 bridgehead atoms. The van der Waals surface area contributed by atoms with Gasteiger partial charge in [-0.3, -0.25) is 10.3 Å². The predicted octanol–water partition coefficient (Wildman–Crippen LogP) is 6.14. The number of benzene rings is 2. The third-order valence-electron chi connectivity index (χ3n) is 5.59. The summed E-state index contributed by atoms with van der Waals surface area (Å²) in [5, 5.41) is 12.3. The molecule has 1 heterocycles. The molecule has 0 aromatic heterocycles. The van der Waals surface area contributed by atoms with Crippen LogP contribution in [0.3, 0.4) is 0 Å². The number of allylic oxidation sites excluding steroid dienone is 3. The lowest BCUT2D eigenvalue weighted by molar-refractivity contribution is 0.371. The maximum atomic E-state index is 8.36. The van der Waals surface area contributed by atoms with Gasteiger partial charge in [0.25, 0.3) is 0 Å². The van der Waals surface area contributed by atoms with E-state index in [1.807, 2.05) is 18.3 Å². The van der Waals surface area contributed by atoms with Gasteiger partial charge in [0, 0.05) is 24.0 Å². The molecular weight excluding hydrogens is 378 g/mol. The van der Waals surface area contributed by atoms with E-state index in [2.05, 4.69) is 65.7 Å². The molecule has 29 heavy (non-hydrogen) atoms. The van der Waals surface area contributed by atoms with Gasteiger partial charge in [-0.1, -0.05) is 54.1 Å². The minimum absolute atomic E-state index is 0.362. The second-order valence-corrected chi connectivity index (χ2v) is 8.07. The molecule has 0 unspecified atom stereocenters. The van der Waals surface area contributed by atoms with Crippen LogP contribution in [-0.4, -0.2) is 30.2 Å². The Labute approximate surface area is 177 Å². The van der Waals surface area contributed by atoms with E-state index in [0.29, 0.717) is 10.7 Å². The van der Waals surface area contributed by atoms with E-state index < -0.39 is 0 Å². The first-order valence-corrected chi connectivity index (χ1v) is 10.5. The number of nitrogens with one attached hydrogen (secondary N) is 2. The number of nitrogens with zero attached hydrogens (tertiary/aromatic N) is 1. The zero-order valence-corrected chi connectivity index (χ0v) is 17.5. The van der Waals surface area contributed by atoms with Crippen LogP contribution in [0.1, 0.15) is 18.4 Å². The largest absolute Gasteiger partial charge is 0.361 e. The highest BCUT2D eigenvalue weighted by atomic mass is 35.5. The van der Waals surface area contributed by atoms with Crippen LogP contribution in [0, 0.1) is 12.3 Å². The van der Waals surface area contributed by atoms with Crippen molar-refractivity contribution >= 4 is 23.0 Å². The minimum Gasteiger partial charge on any atom is -0.361 e. The van der Waals surface area contributed by atoms with E-state index in [0.717, 1.165) is 36.5 Å². The van der Waals surface area contributed by atoms with Gasteiger partial charge in [0.2, 0.25) is 0 Å². The Morgan fingerprint density at radius 1 is 1.03 bits per heavy atom. The second kappa shape index (κ2) is 8.81. The fourth-order valence-corrected chi connectivity index (χ4v) is 4.22. The first-order valence-electron chi connectivity index (χ1n) is 10.1. The minimum atomic E-state index is 0.362. The van der Waals surface area contributed by atoms with Gasteiger partial charge in [0.05, 0.1) is 10.7 Å². The number of likely N-dealkylation sites (tertiary alicyclic amines) is 1. The molecule has 1 aliphatic heterocycles. The van der Waals surface area contributed by atoms with Gasteiger partial charge in [-0.15, -0.1) is 0 Å². The Bertz CT molecular complexity index is 996. The quantitative estimate of drug-likeness (QED) is 0.629. The Morgan fingerprint density at radius 3 is 2.55 bits per heavy atom. The van der Waals surface area contributed by atoms with Crippen LogP contribution < -0.4 is 5.32 Å². The average molecular weight is 404 g/mol. The van der Waals surface area contributed by atoms with E-state index in [1.165, 1.54) is 29.5 Å². The highest BCUT2D eigenvalue weighted by Gasteiger charge is 2.18. The van der Waals surface area contributed by atoms with E-state index >= 15 is 0 Å². The summed E-state index contributed by atoms with van der Waals surface area (Å²) in [5.41, 5.74) is 6.96. The number of hydrogen-bond acceptors (Lipinski definition) is 3. The van der Waals surface area contributed by atoms with E-state index in [9.17, 15) is 0 Å².